The van der Waals surface area contributed by atoms with Crippen LogP contribution in [0.25, 0.3) is 0 Å². The summed E-state index contributed by atoms with van der Waals surface area (Å²) in [5.41, 5.74) is 7.27. The Kier molecular flexibility index (Phi) is 2.51. The lowest BCUT2D eigenvalue weighted by atomic mass is 10.0. The number of hydrogen-bond acceptors (Lipinski definition) is 0. The molecule has 0 heteroatoms. The van der Waals surface area contributed by atoms with E-state index < -0.39 is 0 Å². The Morgan fingerprint density at radius 3 is 2.73 bits per heavy atom. The highest BCUT2D eigenvalue weighted by Gasteiger charge is 1.99. The maximum atomic E-state index is 3.12. The Bertz CT molecular complexity index is 268. The summed E-state index contributed by atoms with van der Waals surface area (Å²) in [7, 11) is 0. The molecule has 0 spiro atoms. The van der Waals surface area contributed by atoms with Crippen LogP contribution in [0.1, 0.15) is 27.2 Å². The van der Waals surface area contributed by atoms with Gasteiger partial charge >= 0.3 is 0 Å². The molecule has 1 aliphatic carbocycles. The molecule has 0 aromatic rings. The monoisotopic (exact) mass is 146 g/mol. The highest BCUT2D eigenvalue weighted by molar-refractivity contribution is 5.41. The molecule has 0 N–H and O–H groups in total. The third-order valence-electron chi connectivity index (χ3n) is 2.14. The first kappa shape index (κ1) is 8.10. The van der Waals surface area contributed by atoms with Gasteiger partial charge < -0.3 is 0 Å². The van der Waals surface area contributed by atoms with Crippen LogP contribution in [0.2, 0.25) is 0 Å². The second kappa shape index (κ2) is 3.41. The quantitative estimate of drug-likeness (QED) is 0.497. The molecule has 11 heavy (non-hydrogen) atoms. The lowest BCUT2D eigenvalue weighted by molar-refractivity contribution is 1.11. The zero-order chi connectivity index (χ0) is 8.27. The van der Waals surface area contributed by atoms with Crippen LogP contribution in [0, 0.1) is 0 Å². The SMILES string of the molecule is CCC1=C(C)C(C)=CC=C=C1. The zero-order valence-electron chi connectivity index (χ0n) is 7.44. The average molecular weight is 146 g/mol. The van der Waals surface area contributed by atoms with Gasteiger partial charge in [-0.2, -0.15) is 0 Å². The Hall–Kier alpha value is -1.00. The molecule has 0 radical (unpaired) electrons. The van der Waals surface area contributed by atoms with Crippen molar-refractivity contribution in [3.63, 3.8) is 0 Å². The van der Waals surface area contributed by atoms with Crippen molar-refractivity contribution in [1.29, 1.82) is 0 Å². The Morgan fingerprint density at radius 2 is 2.09 bits per heavy atom. The summed E-state index contributed by atoms with van der Waals surface area (Å²) in [4.78, 5) is 0. The number of hydrogen-bond donors (Lipinski definition) is 0. The summed E-state index contributed by atoms with van der Waals surface area (Å²) in [5, 5.41) is 0. The fourth-order valence-electron chi connectivity index (χ4n) is 1.18. The predicted octanol–water partition coefficient (Wildman–Crippen LogP) is 3.38. The van der Waals surface area contributed by atoms with E-state index >= 15 is 0 Å². The van der Waals surface area contributed by atoms with Crippen molar-refractivity contribution >= 4 is 0 Å². The average Bonchev–Trinajstić information content (AvgIpc) is 2.16. The first-order valence-corrected chi connectivity index (χ1v) is 4.05. The number of allylic oxidation sites excluding steroid dienone is 5. The molecular weight excluding hydrogens is 132 g/mol. The van der Waals surface area contributed by atoms with Crippen molar-refractivity contribution in [2.75, 3.05) is 0 Å². The van der Waals surface area contributed by atoms with Crippen molar-refractivity contribution in [1.82, 2.24) is 0 Å². The van der Waals surface area contributed by atoms with E-state index in [-0.39, 0.29) is 0 Å². The van der Waals surface area contributed by atoms with E-state index in [9.17, 15) is 0 Å². The summed E-state index contributed by atoms with van der Waals surface area (Å²) in [6.45, 7) is 6.49. The molecule has 0 unspecified atom stereocenters. The molecular formula is C11H14. The van der Waals surface area contributed by atoms with Crippen LogP contribution in [0.15, 0.2) is 40.7 Å². The molecule has 0 aliphatic heterocycles. The third kappa shape index (κ3) is 1.72. The molecule has 0 saturated carbocycles. The van der Waals surface area contributed by atoms with E-state index in [1.807, 2.05) is 6.08 Å². The van der Waals surface area contributed by atoms with Crippen molar-refractivity contribution in [2.24, 2.45) is 0 Å². The second-order valence-corrected chi connectivity index (χ2v) is 2.83. The molecule has 58 valence electrons. The predicted molar refractivity (Wildman–Crippen MR) is 49.4 cm³/mol. The van der Waals surface area contributed by atoms with Crippen LogP contribution in [0.4, 0.5) is 0 Å². The Morgan fingerprint density at radius 1 is 1.36 bits per heavy atom. The fourth-order valence-corrected chi connectivity index (χ4v) is 1.18. The first-order chi connectivity index (χ1) is 5.25. The van der Waals surface area contributed by atoms with Gasteiger partial charge in [0, 0.05) is 0 Å². The standard InChI is InChI=1S/C11H14/c1-4-11-8-6-5-7-9(2)10(11)3/h5,7-8H,4H2,1-3H3. The normalized spacial score (nSPS) is 16.8. The maximum absolute atomic E-state index is 3.12. The van der Waals surface area contributed by atoms with Gasteiger partial charge in [-0.1, -0.05) is 13.0 Å². The van der Waals surface area contributed by atoms with Gasteiger partial charge in [0.15, 0.2) is 0 Å². The third-order valence-corrected chi connectivity index (χ3v) is 2.14. The van der Waals surface area contributed by atoms with Gasteiger partial charge in [-0.05, 0) is 49.1 Å². The fraction of sp³-hybridized carbons (Fsp3) is 0.364. The molecule has 0 amide bonds. The van der Waals surface area contributed by atoms with Crippen LogP contribution in [-0.4, -0.2) is 0 Å². The topological polar surface area (TPSA) is 0 Å². The van der Waals surface area contributed by atoms with Gasteiger partial charge in [-0.25, -0.2) is 0 Å². The molecule has 1 aliphatic rings. The van der Waals surface area contributed by atoms with Gasteiger partial charge in [-0.15, -0.1) is 5.73 Å². The van der Waals surface area contributed by atoms with E-state index in [0.29, 0.717) is 0 Å². The van der Waals surface area contributed by atoms with Gasteiger partial charge in [0.2, 0.25) is 0 Å². The van der Waals surface area contributed by atoms with Crippen molar-refractivity contribution in [3.8, 4) is 0 Å². The zero-order valence-corrected chi connectivity index (χ0v) is 7.44. The van der Waals surface area contributed by atoms with Crippen molar-refractivity contribution in [3.05, 3.63) is 40.7 Å². The van der Waals surface area contributed by atoms with Crippen LogP contribution >= 0.6 is 0 Å². The smallest absolute Gasteiger partial charge is 0.0165 e. The van der Waals surface area contributed by atoms with Crippen molar-refractivity contribution in [2.45, 2.75) is 27.2 Å². The summed E-state index contributed by atoms with van der Waals surface area (Å²) < 4.78 is 0. The van der Waals surface area contributed by atoms with Crippen molar-refractivity contribution < 1.29 is 0 Å². The highest BCUT2D eigenvalue weighted by atomic mass is 14.0. The van der Waals surface area contributed by atoms with Gasteiger partial charge in [0.25, 0.3) is 0 Å². The van der Waals surface area contributed by atoms with Crippen LogP contribution in [-0.2, 0) is 0 Å². The molecule has 0 heterocycles. The minimum atomic E-state index is 1.10. The summed E-state index contributed by atoms with van der Waals surface area (Å²) in [5.74, 6) is 0. The summed E-state index contributed by atoms with van der Waals surface area (Å²) >= 11 is 0. The molecule has 0 nitrogen and oxygen atoms in total. The van der Waals surface area contributed by atoms with E-state index in [1.54, 1.807) is 0 Å². The number of rotatable bonds is 1. The first-order valence-electron chi connectivity index (χ1n) is 4.05. The molecule has 0 fully saturated rings. The Balaban J connectivity index is 3.12. The van der Waals surface area contributed by atoms with E-state index in [0.717, 1.165) is 6.42 Å². The van der Waals surface area contributed by atoms with Crippen LogP contribution in [0.5, 0.6) is 0 Å². The van der Waals surface area contributed by atoms with E-state index in [2.05, 4.69) is 38.7 Å². The van der Waals surface area contributed by atoms with Gasteiger partial charge in [0.1, 0.15) is 0 Å². The second-order valence-electron chi connectivity index (χ2n) is 2.83. The largest absolute Gasteiger partial charge is 0.121 e. The molecule has 1 rings (SSSR count). The summed E-state index contributed by atoms with van der Waals surface area (Å²) in [6, 6.07) is 0. The lowest BCUT2D eigenvalue weighted by Crippen LogP contribution is -1.84. The molecule has 0 aromatic heterocycles. The minimum Gasteiger partial charge on any atom is -0.121 e. The molecule has 0 bridgehead atoms. The molecule has 0 atom stereocenters. The highest BCUT2D eigenvalue weighted by Crippen LogP contribution is 2.18. The molecule has 0 saturated heterocycles. The van der Waals surface area contributed by atoms with E-state index in [4.69, 9.17) is 0 Å². The lowest BCUT2D eigenvalue weighted by Gasteiger charge is -2.03. The summed E-state index contributed by atoms with van der Waals surface area (Å²) in [6.07, 6.45) is 7.25. The van der Waals surface area contributed by atoms with Crippen LogP contribution < -0.4 is 0 Å². The van der Waals surface area contributed by atoms with Gasteiger partial charge in [0.05, 0.1) is 0 Å². The minimum absolute atomic E-state index is 1.10. The maximum Gasteiger partial charge on any atom is -0.0165 e. The van der Waals surface area contributed by atoms with Gasteiger partial charge in [-0.3, -0.25) is 0 Å². The van der Waals surface area contributed by atoms with E-state index in [1.165, 1.54) is 16.7 Å². The van der Waals surface area contributed by atoms with Crippen LogP contribution in [0.3, 0.4) is 0 Å². The Labute approximate surface area is 68.6 Å². The molecule has 0 aromatic carbocycles.